The molecule has 1 aromatic rings. The molecule has 0 spiro atoms. The van der Waals surface area contributed by atoms with Gasteiger partial charge in [-0.1, -0.05) is 23.2 Å². The Morgan fingerprint density at radius 3 is 2.50 bits per heavy atom. The molecule has 1 amide bonds. The molecule has 0 N–H and O–H groups in total. The molecule has 1 heterocycles. The third-order valence-corrected chi connectivity index (χ3v) is 3.67. The summed E-state index contributed by atoms with van der Waals surface area (Å²) in [5, 5.41) is 1.10. The third-order valence-electron chi connectivity index (χ3n) is 2.72. The van der Waals surface area contributed by atoms with Gasteiger partial charge < -0.3 is 4.90 Å². The van der Waals surface area contributed by atoms with Gasteiger partial charge in [-0.3, -0.25) is 4.79 Å². The number of benzene rings is 1. The molecule has 0 bridgehead atoms. The van der Waals surface area contributed by atoms with Crippen molar-refractivity contribution in [3.05, 3.63) is 33.3 Å². The predicted octanol–water partition coefficient (Wildman–Crippen LogP) is 3.12. The van der Waals surface area contributed by atoms with Crippen molar-refractivity contribution in [2.75, 3.05) is 12.4 Å². The van der Waals surface area contributed by atoms with Crippen molar-refractivity contribution in [1.29, 1.82) is 0 Å². The summed E-state index contributed by atoms with van der Waals surface area (Å²) < 4.78 is 0. The van der Waals surface area contributed by atoms with Gasteiger partial charge in [0, 0.05) is 13.1 Å². The van der Waals surface area contributed by atoms with E-state index >= 15 is 0 Å². The van der Waals surface area contributed by atoms with E-state index in [1.165, 1.54) is 0 Å². The van der Waals surface area contributed by atoms with Crippen LogP contribution in [0.4, 0.5) is 0 Å². The Balaban J connectivity index is 2.27. The Hall–Kier alpha value is -0.440. The summed E-state index contributed by atoms with van der Waals surface area (Å²) >= 11 is 17.4. The third kappa shape index (κ3) is 2.29. The van der Waals surface area contributed by atoms with Crippen LogP contribution in [0.25, 0.3) is 0 Å². The van der Waals surface area contributed by atoms with E-state index in [4.69, 9.17) is 34.8 Å². The van der Waals surface area contributed by atoms with Crippen LogP contribution in [-0.4, -0.2) is 23.2 Å². The van der Waals surface area contributed by atoms with Gasteiger partial charge in [-0.15, -0.1) is 11.6 Å². The molecule has 1 aliphatic heterocycles. The summed E-state index contributed by atoms with van der Waals surface area (Å²) in [5.41, 5.74) is 2.21. The largest absolute Gasteiger partial charge is 0.337 e. The minimum atomic E-state index is -0.0432. The van der Waals surface area contributed by atoms with Crippen molar-refractivity contribution in [3.63, 3.8) is 0 Å². The quantitative estimate of drug-likeness (QED) is 0.723. The zero-order valence-electron chi connectivity index (χ0n) is 8.47. The fraction of sp³-hybridized carbons (Fsp3) is 0.364. The number of halogens is 3. The minimum Gasteiger partial charge on any atom is -0.337 e. The minimum absolute atomic E-state index is 0.0245. The lowest BCUT2D eigenvalue weighted by atomic mass is 10.00. The molecule has 0 fully saturated rings. The lowest BCUT2D eigenvalue weighted by molar-refractivity contribution is -0.129. The van der Waals surface area contributed by atoms with Crippen molar-refractivity contribution < 1.29 is 4.79 Å². The summed E-state index contributed by atoms with van der Waals surface area (Å²) in [4.78, 5) is 13.2. The molecular formula is C11H10Cl3NO. The van der Waals surface area contributed by atoms with E-state index in [0.29, 0.717) is 23.1 Å². The van der Waals surface area contributed by atoms with Crippen LogP contribution in [-0.2, 0) is 17.8 Å². The Kier molecular flexibility index (Phi) is 3.63. The Morgan fingerprint density at radius 1 is 1.25 bits per heavy atom. The van der Waals surface area contributed by atoms with E-state index in [0.717, 1.165) is 17.5 Å². The maximum absolute atomic E-state index is 11.5. The average Bonchev–Trinajstić information content (AvgIpc) is 2.29. The van der Waals surface area contributed by atoms with Gasteiger partial charge in [0.1, 0.15) is 5.88 Å². The summed E-state index contributed by atoms with van der Waals surface area (Å²) in [7, 11) is 0. The van der Waals surface area contributed by atoms with Crippen LogP contribution in [0.15, 0.2) is 12.1 Å². The highest BCUT2D eigenvalue weighted by atomic mass is 35.5. The molecule has 86 valence electrons. The molecule has 0 aromatic heterocycles. The number of hydrogen-bond acceptors (Lipinski definition) is 1. The fourth-order valence-corrected chi connectivity index (χ4v) is 2.39. The maximum Gasteiger partial charge on any atom is 0.237 e. The highest BCUT2D eigenvalue weighted by Crippen LogP contribution is 2.29. The van der Waals surface area contributed by atoms with Gasteiger partial charge in [0.15, 0.2) is 0 Å². The van der Waals surface area contributed by atoms with Crippen molar-refractivity contribution in [2.24, 2.45) is 0 Å². The summed E-state index contributed by atoms with van der Waals surface area (Å²) in [6.07, 6.45) is 0.800. The van der Waals surface area contributed by atoms with Gasteiger partial charge in [-0.2, -0.15) is 0 Å². The van der Waals surface area contributed by atoms with Gasteiger partial charge in [-0.25, -0.2) is 0 Å². The van der Waals surface area contributed by atoms with Gasteiger partial charge in [-0.05, 0) is 29.7 Å². The number of carbonyl (C=O) groups excluding carboxylic acids is 1. The lowest BCUT2D eigenvalue weighted by Crippen LogP contribution is -2.36. The predicted molar refractivity (Wildman–Crippen MR) is 66.3 cm³/mol. The smallest absolute Gasteiger partial charge is 0.237 e. The van der Waals surface area contributed by atoms with Crippen LogP contribution in [0.3, 0.4) is 0 Å². The molecular weight excluding hydrogens is 268 g/mol. The van der Waals surface area contributed by atoms with Gasteiger partial charge in [0.05, 0.1) is 10.0 Å². The SMILES string of the molecule is O=C(CCl)N1CCc2cc(Cl)c(Cl)cc2C1. The molecule has 1 aromatic carbocycles. The zero-order chi connectivity index (χ0) is 11.7. The Bertz CT molecular complexity index is 433. The first-order chi connectivity index (χ1) is 7.61. The molecule has 2 rings (SSSR count). The van der Waals surface area contributed by atoms with E-state index in [1.54, 1.807) is 4.90 Å². The first-order valence-corrected chi connectivity index (χ1v) is 6.21. The summed E-state index contributed by atoms with van der Waals surface area (Å²) in [6.45, 7) is 1.26. The Morgan fingerprint density at radius 2 is 1.88 bits per heavy atom. The molecule has 0 aliphatic carbocycles. The molecule has 0 saturated carbocycles. The van der Waals surface area contributed by atoms with Crippen LogP contribution < -0.4 is 0 Å². The molecule has 0 unspecified atom stereocenters. The fourth-order valence-electron chi connectivity index (χ4n) is 1.85. The number of amides is 1. The van der Waals surface area contributed by atoms with Crippen molar-refractivity contribution in [3.8, 4) is 0 Å². The maximum atomic E-state index is 11.5. The number of fused-ring (bicyclic) bond motifs is 1. The molecule has 0 atom stereocenters. The number of carbonyl (C=O) groups is 1. The van der Waals surface area contributed by atoms with Crippen molar-refractivity contribution in [2.45, 2.75) is 13.0 Å². The van der Waals surface area contributed by atoms with Crippen LogP contribution in [0, 0.1) is 0 Å². The molecule has 5 heteroatoms. The van der Waals surface area contributed by atoms with Gasteiger partial charge in [0.25, 0.3) is 0 Å². The average molecular weight is 279 g/mol. The van der Waals surface area contributed by atoms with Crippen LogP contribution >= 0.6 is 34.8 Å². The summed E-state index contributed by atoms with van der Waals surface area (Å²) in [5.74, 6) is -0.0187. The second-order valence-corrected chi connectivity index (χ2v) is 4.82. The number of hydrogen-bond donors (Lipinski definition) is 0. The van der Waals surface area contributed by atoms with E-state index in [2.05, 4.69) is 0 Å². The molecule has 1 aliphatic rings. The van der Waals surface area contributed by atoms with E-state index in [-0.39, 0.29) is 11.8 Å². The zero-order valence-corrected chi connectivity index (χ0v) is 10.7. The second-order valence-electron chi connectivity index (χ2n) is 3.73. The monoisotopic (exact) mass is 277 g/mol. The normalized spacial score (nSPS) is 14.8. The standard InChI is InChI=1S/C11H10Cl3NO/c12-5-11(16)15-2-1-7-3-9(13)10(14)4-8(7)6-15/h3-4H,1-2,5-6H2. The highest BCUT2D eigenvalue weighted by molar-refractivity contribution is 6.42. The lowest BCUT2D eigenvalue weighted by Gasteiger charge is -2.28. The Labute approximate surface area is 109 Å². The van der Waals surface area contributed by atoms with Crippen molar-refractivity contribution >= 4 is 40.7 Å². The number of rotatable bonds is 1. The van der Waals surface area contributed by atoms with Crippen molar-refractivity contribution in [1.82, 2.24) is 4.90 Å². The first-order valence-electron chi connectivity index (χ1n) is 4.92. The van der Waals surface area contributed by atoms with Gasteiger partial charge >= 0.3 is 0 Å². The van der Waals surface area contributed by atoms with Crippen LogP contribution in [0.5, 0.6) is 0 Å². The first kappa shape index (κ1) is 12.0. The summed E-state index contributed by atoms with van der Waals surface area (Å²) in [6, 6.07) is 3.70. The van der Waals surface area contributed by atoms with Gasteiger partial charge in [0.2, 0.25) is 5.91 Å². The second kappa shape index (κ2) is 4.82. The van der Waals surface area contributed by atoms with E-state index < -0.39 is 0 Å². The van der Waals surface area contributed by atoms with E-state index in [9.17, 15) is 4.79 Å². The van der Waals surface area contributed by atoms with Crippen LogP contribution in [0.2, 0.25) is 10.0 Å². The molecule has 0 saturated heterocycles. The topological polar surface area (TPSA) is 20.3 Å². The molecule has 16 heavy (non-hydrogen) atoms. The van der Waals surface area contributed by atoms with Crippen LogP contribution in [0.1, 0.15) is 11.1 Å². The molecule has 2 nitrogen and oxygen atoms in total. The highest BCUT2D eigenvalue weighted by Gasteiger charge is 2.20. The molecule has 0 radical (unpaired) electrons. The van der Waals surface area contributed by atoms with E-state index in [1.807, 2.05) is 12.1 Å². The number of nitrogens with zero attached hydrogens (tertiary/aromatic N) is 1. The number of alkyl halides is 1.